The van der Waals surface area contributed by atoms with E-state index >= 15 is 0 Å². The van der Waals surface area contributed by atoms with Crippen LogP contribution in [0.4, 0.5) is 5.82 Å². The summed E-state index contributed by atoms with van der Waals surface area (Å²) in [6, 6.07) is 4.07. The molecule has 3 rings (SSSR count). The molecule has 2 aromatic heterocycles. The molecule has 17 heavy (non-hydrogen) atoms. The lowest BCUT2D eigenvalue weighted by molar-refractivity contribution is 0.556. The number of pyridine rings is 1. The number of halogens is 1. The zero-order valence-electron chi connectivity index (χ0n) is 9.47. The molecular formula is C11H12BrN5. The van der Waals surface area contributed by atoms with Crippen molar-refractivity contribution >= 4 is 21.7 Å². The van der Waals surface area contributed by atoms with Crippen LogP contribution in [0.15, 0.2) is 22.9 Å². The van der Waals surface area contributed by atoms with Crippen LogP contribution in [0, 0.1) is 6.92 Å². The third-order valence-corrected chi connectivity index (χ3v) is 3.81. The van der Waals surface area contributed by atoms with Crippen molar-refractivity contribution in [2.24, 2.45) is 0 Å². The Morgan fingerprint density at radius 1 is 1.29 bits per heavy atom. The van der Waals surface area contributed by atoms with Crippen LogP contribution in [-0.2, 0) is 13.1 Å². The van der Waals surface area contributed by atoms with Crippen molar-refractivity contribution in [2.45, 2.75) is 20.0 Å². The molecule has 0 bridgehead atoms. The Morgan fingerprint density at radius 2 is 2.18 bits per heavy atom. The van der Waals surface area contributed by atoms with Gasteiger partial charge in [0.15, 0.2) is 5.82 Å². The second kappa shape index (κ2) is 4.10. The molecule has 0 unspecified atom stereocenters. The summed E-state index contributed by atoms with van der Waals surface area (Å²) in [4.78, 5) is 6.80. The molecule has 0 fully saturated rings. The fourth-order valence-electron chi connectivity index (χ4n) is 1.97. The highest BCUT2D eigenvalue weighted by Gasteiger charge is 2.18. The lowest BCUT2D eigenvalue weighted by Crippen LogP contribution is -2.34. The Hall–Kier alpha value is -1.43. The van der Waals surface area contributed by atoms with Crippen molar-refractivity contribution in [2.75, 3.05) is 11.4 Å². The molecule has 0 saturated carbocycles. The largest absolute Gasteiger partial charge is 0.347 e. The van der Waals surface area contributed by atoms with E-state index in [1.54, 1.807) is 6.33 Å². The summed E-state index contributed by atoms with van der Waals surface area (Å²) in [6.45, 7) is 4.63. The van der Waals surface area contributed by atoms with Gasteiger partial charge in [0.25, 0.3) is 0 Å². The standard InChI is InChI=1S/C11H12BrN5/c1-8-9(12)2-3-10(14-8)16-4-5-17-7-13-15-11(17)6-16/h2-3,7H,4-6H2,1H3. The molecule has 0 atom stereocenters. The van der Waals surface area contributed by atoms with Crippen LogP contribution in [0.3, 0.4) is 0 Å². The number of rotatable bonds is 1. The summed E-state index contributed by atoms with van der Waals surface area (Å²) in [6.07, 6.45) is 1.78. The number of aromatic nitrogens is 4. The maximum absolute atomic E-state index is 4.58. The Kier molecular flexibility index (Phi) is 2.58. The number of aryl methyl sites for hydroxylation is 1. The lowest BCUT2D eigenvalue weighted by Gasteiger charge is -2.28. The first-order chi connectivity index (χ1) is 8.24. The summed E-state index contributed by atoms with van der Waals surface area (Å²) in [5.41, 5.74) is 1.01. The molecule has 0 amide bonds. The molecule has 0 aliphatic carbocycles. The van der Waals surface area contributed by atoms with Gasteiger partial charge >= 0.3 is 0 Å². The molecule has 1 aliphatic heterocycles. The third-order valence-electron chi connectivity index (χ3n) is 2.97. The Balaban J connectivity index is 1.89. The maximum Gasteiger partial charge on any atom is 0.152 e. The summed E-state index contributed by atoms with van der Waals surface area (Å²) in [5, 5.41) is 8.03. The normalized spacial score (nSPS) is 14.8. The average molecular weight is 294 g/mol. The highest BCUT2D eigenvalue weighted by atomic mass is 79.9. The highest BCUT2D eigenvalue weighted by Crippen LogP contribution is 2.21. The van der Waals surface area contributed by atoms with Crippen molar-refractivity contribution < 1.29 is 0 Å². The molecule has 6 heteroatoms. The van der Waals surface area contributed by atoms with Crippen LogP contribution < -0.4 is 4.90 Å². The van der Waals surface area contributed by atoms with Crippen LogP contribution >= 0.6 is 15.9 Å². The fraction of sp³-hybridized carbons (Fsp3) is 0.364. The molecule has 0 radical (unpaired) electrons. The molecule has 3 heterocycles. The Bertz CT molecular complexity index is 551. The number of hydrogen-bond donors (Lipinski definition) is 0. The summed E-state index contributed by atoms with van der Waals surface area (Å²) < 4.78 is 3.13. The molecule has 0 saturated heterocycles. The molecular weight excluding hydrogens is 282 g/mol. The van der Waals surface area contributed by atoms with E-state index in [0.29, 0.717) is 0 Å². The Morgan fingerprint density at radius 3 is 3.00 bits per heavy atom. The van der Waals surface area contributed by atoms with Crippen LogP contribution in [0.25, 0.3) is 0 Å². The van der Waals surface area contributed by atoms with Crippen molar-refractivity contribution in [3.63, 3.8) is 0 Å². The van der Waals surface area contributed by atoms with Gasteiger partial charge in [0.05, 0.1) is 12.2 Å². The highest BCUT2D eigenvalue weighted by molar-refractivity contribution is 9.10. The molecule has 1 aliphatic rings. The smallest absolute Gasteiger partial charge is 0.152 e. The number of nitrogens with zero attached hydrogens (tertiary/aromatic N) is 5. The predicted molar refractivity (Wildman–Crippen MR) is 67.7 cm³/mol. The molecule has 5 nitrogen and oxygen atoms in total. The van der Waals surface area contributed by atoms with Crippen LogP contribution in [0.5, 0.6) is 0 Å². The van der Waals surface area contributed by atoms with Crippen LogP contribution in [0.2, 0.25) is 0 Å². The topological polar surface area (TPSA) is 46.8 Å². The molecule has 2 aromatic rings. The first-order valence-corrected chi connectivity index (χ1v) is 6.28. The van der Waals surface area contributed by atoms with E-state index in [2.05, 4.69) is 40.6 Å². The second-order valence-electron chi connectivity index (χ2n) is 4.10. The first kappa shape index (κ1) is 10.7. The molecule has 0 N–H and O–H groups in total. The second-order valence-corrected chi connectivity index (χ2v) is 4.95. The van der Waals surface area contributed by atoms with Gasteiger partial charge < -0.3 is 9.47 Å². The van der Waals surface area contributed by atoms with E-state index in [-0.39, 0.29) is 0 Å². The quantitative estimate of drug-likeness (QED) is 0.804. The maximum atomic E-state index is 4.58. The minimum atomic E-state index is 0.772. The van der Waals surface area contributed by atoms with E-state index < -0.39 is 0 Å². The van der Waals surface area contributed by atoms with Gasteiger partial charge in [0, 0.05) is 17.6 Å². The fourth-order valence-corrected chi connectivity index (χ4v) is 2.19. The van der Waals surface area contributed by atoms with Crippen molar-refractivity contribution in [3.8, 4) is 0 Å². The van der Waals surface area contributed by atoms with Gasteiger partial charge in [-0.3, -0.25) is 0 Å². The van der Waals surface area contributed by atoms with Gasteiger partial charge in [-0.25, -0.2) is 4.98 Å². The lowest BCUT2D eigenvalue weighted by atomic mass is 10.3. The third kappa shape index (κ3) is 1.93. The first-order valence-electron chi connectivity index (χ1n) is 5.49. The van der Waals surface area contributed by atoms with Gasteiger partial charge in [0.2, 0.25) is 0 Å². The summed E-state index contributed by atoms with van der Waals surface area (Å²) in [7, 11) is 0. The molecule has 88 valence electrons. The van der Waals surface area contributed by atoms with Crippen molar-refractivity contribution in [3.05, 3.63) is 34.5 Å². The van der Waals surface area contributed by atoms with Crippen molar-refractivity contribution in [1.82, 2.24) is 19.7 Å². The van der Waals surface area contributed by atoms with E-state index in [4.69, 9.17) is 0 Å². The SMILES string of the molecule is Cc1nc(N2CCn3cnnc3C2)ccc1Br. The minimum Gasteiger partial charge on any atom is -0.347 e. The van der Waals surface area contributed by atoms with E-state index in [0.717, 1.165) is 41.4 Å². The summed E-state index contributed by atoms with van der Waals surface area (Å²) in [5.74, 6) is 2.00. The van der Waals surface area contributed by atoms with Gasteiger partial charge in [0.1, 0.15) is 12.1 Å². The van der Waals surface area contributed by atoms with Crippen LogP contribution in [0.1, 0.15) is 11.5 Å². The Labute approximate surface area is 108 Å². The number of hydrogen-bond acceptors (Lipinski definition) is 4. The number of anilines is 1. The van der Waals surface area contributed by atoms with Crippen LogP contribution in [-0.4, -0.2) is 26.3 Å². The van der Waals surface area contributed by atoms with Gasteiger partial charge in [-0.2, -0.15) is 0 Å². The van der Waals surface area contributed by atoms with Gasteiger partial charge in [-0.1, -0.05) is 0 Å². The summed E-state index contributed by atoms with van der Waals surface area (Å²) >= 11 is 3.47. The minimum absolute atomic E-state index is 0.772. The molecule has 0 aromatic carbocycles. The van der Waals surface area contributed by atoms with E-state index in [1.165, 1.54) is 0 Å². The van der Waals surface area contributed by atoms with Gasteiger partial charge in [-0.15, -0.1) is 10.2 Å². The number of fused-ring (bicyclic) bond motifs is 1. The monoisotopic (exact) mass is 293 g/mol. The predicted octanol–water partition coefficient (Wildman–Crippen LogP) is 1.76. The molecule has 0 spiro atoms. The van der Waals surface area contributed by atoms with Crippen molar-refractivity contribution in [1.29, 1.82) is 0 Å². The average Bonchev–Trinajstić information content (AvgIpc) is 2.79. The van der Waals surface area contributed by atoms with Gasteiger partial charge in [-0.05, 0) is 35.0 Å². The van der Waals surface area contributed by atoms with E-state index in [9.17, 15) is 0 Å². The van der Waals surface area contributed by atoms with E-state index in [1.807, 2.05) is 19.1 Å². The zero-order valence-corrected chi connectivity index (χ0v) is 11.1. The zero-order chi connectivity index (χ0) is 11.8.